The van der Waals surface area contributed by atoms with E-state index in [0.29, 0.717) is 54.8 Å². The van der Waals surface area contributed by atoms with Gasteiger partial charge in [-0.1, -0.05) is 70.6 Å². The zero-order valence-corrected chi connectivity index (χ0v) is 41.1. The van der Waals surface area contributed by atoms with Crippen molar-refractivity contribution in [1.29, 1.82) is 0 Å². The zero-order valence-electron chi connectivity index (χ0n) is 41.1. The third kappa shape index (κ3) is 9.68. The van der Waals surface area contributed by atoms with Crippen molar-refractivity contribution in [3.05, 3.63) is 136 Å². The highest BCUT2D eigenvalue weighted by Crippen LogP contribution is 2.36. The molecule has 2 fully saturated rings. The number of alkyl halides is 3. The number of amides is 1. The summed E-state index contributed by atoms with van der Waals surface area (Å²) in [4.78, 5) is 17.6. The van der Waals surface area contributed by atoms with Crippen LogP contribution in [0.25, 0.3) is 28.6 Å². The fourth-order valence-corrected chi connectivity index (χ4v) is 10.8. The second kappa shape index (κ2) is 19.4. The topological polar surface area (TPSA) is 157 Å². The molecular weight excluding hydrogens is 910 g/mol. The van der Waals surface area contributed by atoms with Crippen molar-refractivity contribution in [2.45, 2.75) is 111 Å². The molecule has 0 saturated carbocycles. The normalized spacial score (nSPS) is 17.2. The number of carbonyl (C=O) groups excluding carboxylic acids is 1. The molecule has 1 amide bonds. The largest absolute Gasteiger partial charge is 0.433 e. The van der Waals surface area contributed by atoms with Crippen molar-refractivity contribution in [3.8, 4) is 17.3 Å². The predicted octanol–water partition coefficient (Wildman–Crippen LogP) is 7.03. The first-order valence-electron chi connectivity index (χ1n) is 24.6. The van der Waals surface area contributed by atoms with Crippen LogP contribution in [0.2, 0.25) is 0 Å². The number of halogens is 3. The van der Waals surface area contributed by atoms with Crippen molar-refractivity contribution >= 4 is 17.2 Å². The number of hydrogen-bond acceptors (Lipinski definition) is 10. The first kappa shape index (κ1) is 47.8. The lowest BCUT2D eigenvalue weighted by atomic mass is 9.98. The molecule has 3 unspecified atom stereocenters. The molecule has 71 heavy (non-hydrogen) atoms. The lowest BCUT2D eigenvalue weighted by Gasteiger charge is -2.23. The summed E-state index contributed by atoms with van der Waals surface area (Å²) in [6.07, 6.45) is -0.474. The monoisotopic (exact) mass is 969 g/mol. The van der Waals surface area contributed by atoms with Crippen molar-refractivity contribution in [3.63, 3.8) is 0 Å². The van der Waals surface area contributed by atoms with Gasteiger partial charge in [0, 0.05) is 51.2 Å². The Morgan fingerprint density at radius 1 is 0.746 bits per heavy atom. The summed E-state index contributed by atoms with van der Waals surface area (Å²) in [6, 6.07) is 25.7. The van der Waals surface area contributed by atoms with Gasteiger partial charge in [-0.25, -0.2) is 9.36 Å². The summed E-state index contributed by atoms with van der Waals surface area (Å²) >= 11 is 0. The van der Waals surface area contributed by atoms with E-state index in [1.807, 2.05) is 52.0 Å². The Morgan fingerprint density at radius 2 is 1.42 bits per heavy atom. The molecule has 3 atom stereocenters. The summed E-state index contributed by atoms with van der Waals surface area (Å²) in [5, 5.41) is 42.9. The number of aryl methyl sites for hydroxylation is 4. The van der Waals surface area contributed by atoms with Gasteiger partial charge in [-0.05, 0) is 136 Å². The van der Waals surface area contributed by atoms with Crippen LogP contribution in [-0.4, -0.2) is 107 Å². The van der Waals surface area contributed by atoms with Crippen LogP contribution >= 0.6 is 0 Å². The molecule has 19 heteroatoms. The summed E-state index contributed by atoms with van der Waals surface area (Å²) in [5.74, 6) is 2.60. The summed E-state index contributed by atoms with van der Waals surface area (Å²) in [7, 11) is 0. The van der Waals surface area contributed by atoms with E-state index in [-0.39, 0.29) is 47.7 Å². The Hall–Kier alpha value is -6.86. The van der Waals surface area contributed by atoms with E-state index in [9.17, 15) is 23.1 Å². The van der Waals surface area contributed by atoms with Crippen molar-refractivity contribution in [1.82, 2.24) is 63.9 Å². The quantitative estimate of drug-likeness (QED) is 0.106. The van der Waals surface area contributed by atoms with Crippen LogP contribution in [0.15, 0.2) is 78.9 Å². The van der Waals surface area contributed by atoms with Gasteiger partial charge in [-0.15, -0.1) is 15.3 Å². The maximum atomic E-state index is 14.7. The summed E-state index contributed by atoms with van der Waals surface area (Å²) in [6.45, 7) is 14.4. The highest BCUT2D eigenvalue weighted by molar-refractivity contribution is 5.77. The highest BCUT2D eigenvalue weighted by Gasteiger charge is 2.41. The van der Waals surface area contributed by atoms with Crippen molar-refractivity contribution in [2.75, 3.05) is 26.2 Å². The number of rotatable bonds is 15. The molecule has 6 aromatic heterocycles. The molecule has 2 aliphatic rings. The molecule has 370 valence electrons. The Morgan fingerprint density at radius 3 is 2.20 bits per heavy atom. The van der Waals surface area contributed by atoms with Gasteiger partial charge in [-0.3, -0.25) is 9.69 Å². The van der Waals surface area contributed by atoms with Gasteiger partial charge in [0.05, 0.1) is 17.1 Å². The molecule has 0 radical (unpaired) electrons. The minimum Gasteiger partial charge on any atom is -0.378 e. The number of fused-ring (bicyclic) bond motifs is 2. The molecule has 16 nitrogen and oxygen atoms in total. The molecule has 0 spiro atoms. The van der Waals surface area contributed by atoms with Crippen LogP contribution in [0.4, 0.5) is 13.2 Å². The minimum atomic E-state index is -4.74. The van der Waals surface area contributed by atoms with E-state index in [0.717, 1.165) is 77.5 Å². The van der Waals surface area contributed by atoms with E-state index < -0.39 is 18.1 Å². The Kier molecular flexibility index (Phi) is 13.1. The van der Waals surface area contributed by atoms with Crippen LogP contribution in [0, 0.1) is 39.5 Å². The minimum absolute atomic E-state index is 0.0219. The van der Waals surface area contributed by atoms with E-state index >= 15 is 0 Å². The maximum absolute atomic E-state index is 14.7. The number of aromatic nitrogens is 12. The van der Waals surface area contributed by atoms with Gasteiger partial charge in [0.2, 0.25) is 5.91 Å². The molecule has 8 aromatic rings. The molecule has 2 aromatic carbocycles. The number of nitrogens with zero attached hydrogens (tertiary/aromatic N) is 14. The lowest BCUT2D eigenvalue weighted by Crippen LogP contribution is -2.36. The SMILES string of the molecule is Cc1nn(-c2ccc3n[n+](-c4cccc(CC5CCN(C(=O)CCc6c(C)nn(-c7ccc8nnc(C)n8n7)c6C(F)(F)F)C5)c4)c(C)n3n2)c(C(C)C)c1CCC(O)N1CCC(Cc2ccccc2)C1. The average Bonchev–Trinajstić information content (AvgIpc) is 4.23. The van der Waals surface area contributed by atoms with Crippen molar-refractivity contribution < 1.29 is 27.8 Å². The lowest BCUT2D eigenvalue weighted by molar-refractivity contribution is -0.662. The molecule has 0 bridgehead atoms. The molecule has 0 aliphatic carbocycles. The van der Waals surface area contributed by atoms with Gasteiger partial charge in [0.25, 0.3) is 5.65 Å². The van der Waals surface area contributed by atoms with Crippen LogP contribution in [-0.2, 0) is 36.7 Å². The van der Waals surface area contributed by atoms with Crippen LogP contribution in [0.5, 0.6) is 0 Å². The standard InChI is InChI=1S/C52H60F3N14O2/c1-32(2)50-42(15-21-48(70)63-25-23-39(30-63)27-37-11-8-7-9-12-37)33(3)58-68(50)46-20-19-45-61-66(36(6)67(45)62-46)41-14-10-13-38(29-41)28-40-24-26-64(31-40)49(71)22-16-43-34(4)59-69(51(43)52(53,54)55)47-18-17-44-57-56-35(5)65(44)60-47/h7-14,17-20,29,32,39-40,48,70H,15-16,21-28,30-31H2,1-6H3/q+1. The number of carbonyl (C=O) groups is 1. The summed E-state index contributed by atoms with van der Waals surface area (Å²) in [5.41, 5.74) is 6.80. The van der Waals surface area contributed by atoms with E-state index in [4.69, 9.17) is 15.3 Å². The number of aliphatic hydroxyl groups excluding tert-OH is 1. The second-order valence-corrected chi connectivity index (χ2v) is 19.7. The molecule has 2 aliphatic heterocycles. The van der Waals surface area contributed by atoms with E-state index in [1.54, 1.807) is 17.9 Å². The molecule has 1 N–H and O–H groups in total. The zero-order chi connectivity index (χ0) is 49.7. The van der Waals surface area contributed by atoms with Gasteiger partial charge < -0.3 is 10.0 Å². The first-order valence-corrected chi connectivity index (χ1v) is 24.6. The van der Waals surface area contributed by atoms with Gasteiger partial charge in [-0.2, -0.15) is 27.9 Å². The molecule has 2 saturated heterocycles. The van der Waals surface area contributed by atoms with Crippen LogP contribution in [0.1, 0.15) is 102 Å². The van der Waals surface area contributed by atoms with Crippen LogP contribution in [0.3, 0.4) is 0 Å². The van der Waals surface area contributed by atoms with Gasteiger partial charge in [0.1, 0.15) is 6.23 Å². The van der Waals surface area contributed by atoms with E-state index in [2.05, 4.69) is 81.6 Å². The molecule has 8 heterocycles. The van der Waals surface area contributed by atoms with E-state index in [1.165, 1.54) is 23.1 Å². The predicted molar refractivity (Wildman–Crippen MR) is 258 cm³/mol. The van der Waals surface area contributed by atoms with Crippen molar-refractivity contribution in [2.24, 2.45) is 11.8 Å². The number of aliphatic hydroxyl groups is 1. The first-order chi connectivity index (χ1) is 34.1. The fraction of sp³-hybridized carbons (Fsp3) is 0.442. The van der Waals surface area contributed by atoms with Gasteiger partial charge in [0.15, 0.2) is 34.5 Å². The maximum Gasteiger partial charge on any atom is 0.433 e. The Bertz CT molecular complexity index is 3230. The highest BCUT2D eigenvalue weighted by atomic mass is 19.4. The summed E-state index contributed by atoms with van der Waals surface area (Å²) < 4.78 is 51.8. The smallest absolute Gasteiger partial charge is 0.378 e. The molecule has 10 rings (SSSR count). The third-order valence-electron chi connectivity index (χ3n) is 14.3. The number of likely N-dealkylation sites (tertiary alicyclic amines) is 2. The Balaban J connectivity index is 0.785. The Labute approximate surface area is 409 Å². The van der Waals surface area contributed by atoms with Gasteiger partial charge >= 0.3 is 12.0 Å². The fourth-order valence-electron chi connectivity index (χ4n) is 10.8. The van der Waals surface area contributed by atoms with Crippen LogP contribution < -0.4 is 4.68 Å². The second-order valence-electron chi connectivity index (χ2n) is 19.7. The molecular formula is C52H60F3N14O2+. The average molecular weight is 970 g/mol. The third-order valence-corrected chi connectivity index (χ3v) is 14.3. The number of hydrogen-bond donors (Lipinski definition) is 1. The number of benzene rings is 2.